The molecule has 2 aromatic rings. The molecule has 3 N–H and O–H groups in total. The maximum absolute atomic E-state index is 13.2. The molecule has 2 unspecified atom stereocenters. The molecule has 2 bridgehead atoms. The molecule has 2 aliphatic rings. The summed E-state index contributed by atoms with van der Waals surface area (Å²) in [6.45, 7) is 0.925. The largest absolute Gasteiger partial charge is 0.335 e. The van der Waals surface area contributed by atoms with Gasteiger partial charge in [0, 0.05) is 24.4 Å². The van der Waals surface area contributed by atoms with Gasteiger partial charge in [0.15, 0.2) is 0 Å². The van der Waals surface area contributed by atoms with Crippen LogP contribution >= 0.6 is 11.6 Å². The minimum Gasteiger partial charge on any atom is -0.335 e. The standard InChI is InChI=1S/C22H25ClFN3O/c23-20-6-1-2-7-21(20)26-22(28)25-17-12-18-4-3-5-19(13-17)27(18)14-15-8-10-16(24)11-9-15/h1-2,6-11,17-19H,3-5,12-14H2,(H2,25,26,28)/p+1/t17?,18-,19+. The highest BCUT2D eigenvalue weighted by molar-refractivity contribution is 6.33. The number of halogens is 2. The predicted molar refractivity (Wildman–Crippen MR) is 109 cm³/mol. The summed E-state index contributed by atoms with van der Waals surface area (Å²) in [5.41, 5.74) is 1.80. The van der Waals surface area contributed by atoms with E-state index in [4.69, 9.17) is 11.6 Å². The van der Waals surface area contributed by atoms with Crippen LogP contribution in [-0.4, -0.2) is 24.2 Å². The Balaban J connectivity index is 1.37. The van der Waals surface area contributed by atoms with Gasteiger partial charge in [-0.2, -0.15) is 0 Å². The molecule has 2 heterocycles. The van der Waals surface area contributed by atoms with Gasteiger partial charge >= 0.3 is 6.03 Å². The van der Waals surface area contributed by atoms with Gasteiger partial charge in [0.1, 0.15) is 12.4 Å². The summed E-state index contributed by atoms with van der Waals surface area (Å²) in [6.07, 6.45) is 5.56. The van der Waals surface area contributed by atoms with E-state index in [2.05, 4.69) is 10.6 Å². The van der Waals surface area contributed by atoms with Gasteiger partial charge in [0.25, 0.3) is 0 Å². The molecule has 4 nitrogen and oxygen atoms in total. The van der Waals surface area contributed by atoms with Crippen LogP contribution in [0, 0.1) is 5.82 Å². The lowest BCUT2D eigenvalue weighted by Gasteiger charge is -2.46. The van der Waals surface area contributed by atoms with E-state index in [1.54, 1.807) is 17.0 Å². The fraction of sp³-hybridized carbons (Fsp3) is 0.409. The molecule has 2 saturated heterocycles. The van der Waals surface area contributed by atoms with E-state index in [1.165, 1.54) is 37.0 Å². The Morgan fingerprint density at radius 3 is 2.43 bits per heavy atom. The number of carbonyl (C=O) groups is 1. The van der Waals surface area contributed by atoms with Crippen molar-refractivity contribution in [2.45, 2.75) is 56.8 Å². The highest BCUT2D eigenvalue weighted by Crippen LogP contribution is 2.24. The highest BCUT2D eigenvalue weighted by atomic mass is 35.5. The zero-order valence-electron chi connectivity index (χ0n) is 15.8. The summed E-state index contributed by atoms with van der Waals surface area (Å²) in [5.74, 6) is -0.189. The SMILES string of the molecule is O=C(Nc1ccccc1Cl)NC1C[C@H]2CCC[C@@H](C1)[NH+]2Cc1ccc(F)cc1. The Hall–Kier alpha value is -2.11. The van der Waals surface area contributed by atoms with Crippen LogP contribution in [-0.2, 0) is 6.54 Å². The Morgan fingerprint density at radius 1 is 1.07 bits per heavy atom. The van der Waals surface area contributed by atoms with Gasteiger partial charge in [-0.15, -0.1) is 0 Å². The molecule has 2 aliphatic heterocycles. The zero-order chi connectivity index (χ0) is 19.5. The fourth-order valence-corrected chi connectivity index (χ4v) is 4.97. The molecular weight excluding hydrogens is 377 g/mol. The minimum absolute atomic E-state index is 0.176. The van der Waals surface area contributed by atoms with E-state index in [0.29, 0.717) is 22.8 Å². The zero-order valence-corrected chi connectivity index (χ0v) is 16.5. The Kier molecular flexibility index (Phi) is 5.83. The number of benzene rings is 2. The van der Waals surface area contributed by atoms with Crippen molar-refractivity contribution in [2.24, 2.45) is 0 Å². The summed E-state index contributed by atoms with van der Waals surface area (Å²) in [6, 6.07) is 15.1. The van der Waals surface area contributed by atoms with E-state index in [9.17, 15) is 9.18 Å². The van der Waals surface area contributed by atoms with Crippen molar-refractivity contribution in [3.05, 3.63) is 64.9 Å². The number of hydrogen-bond acceptors (Lipinski definition) is 1. The first-order valence-electron chi connectivity index (χ1n) is 10.0. The summed E-state index contributed by atoms with van der Waals surface area (Å²) >= 11 is 6.13. The number of nitrogens with one attached hydrogen (secondary N) is 3. The molecule has 6 heteroatoms. The van der Waals surface area contributed by atoms with E-state index >= 15 is 0 Å². The van der Waals surface area contributed by atoms with Crippen molar-refractivity contribution >= 4 is 23.3 Å². The maximum atomic E-state index is 13.2. The average molecular weight is 403 g/mol. The normalized spacial score (nSPS) is 26.5. The van der Waals surface area contributed by atoms with Gasteiger partial charge in [0.05, 0.1) is 22.8 Å². The van der Waals surface area contributed by atoms with Gasteiger partial charge in [-0.3, -0.25) is 0 Å². The second-order valence-corrected chi connectivity index (χ2v) is 8.36. The molecule has 2 fully saturated rings. The van der Waals surface area contributed by atoms with Crippen molar-refractivity contribution < 1.29 is 14.1 Å². The number of quaternary nitrogens is 1. The third-order valence-corrected chi connectivity index (χ3v) is 6.40. The number of urea groups is 1. The molecule has 0 aromatic heterocycles. The fourth-order valence-electron chi connectivity index (χ4n) is 4.79. The van der Waals surface area contributed by atoms with Gasteiger partial charge in [0.2, 0.25) is 0 Å². The van der Waals surface area contributed by atoms with E-state index < -0.39 is 0 Å². The second-order valence-electron chi connectivity index (χ2n) is 7.95. The average Bonchev–Trinajstić information content (AvgIpc) is 2.66. The molecule has 4 rings (SSSR count). The molecule has 148 valence electrons. The van der Waals surface area contributed by atoms with Crippen LogP contribution in [0.25, 0.3) is 0 Å². The number of piperidine rings is 2. The smallest absolute Gasteiger partial charge is 0.319 e. The Morgan fingerprint density at radius 2 is 1.75 bits per heavy atom. The molecule has 0 aliphatic carbocycles. The molecule has 4 atom stereocenters. The van der Waals surface area contributed by atoms with Gasteiger partial charge in [-0.05, 0) is 43.5 Å². The van der Waals surface area contributed by atoms with E-state index in [0.717, 1.165) is 19.4 Å². The minimum atomic E-state index is -0.196. The number of para-hydroxylation sites is 1. The molecule has 2 amide bonds. The highest BCUT2D eigenvalue weighted by Gasteiger charge is 2.42. The third-order valence-electron chi connectivity index (χ3n) is 6.07. The van der Waals surface area contributed by atoms with Crippen LogP contribution in [0.4, 0.5) is 14.9 Å². The Bertz CT molecular complexity index is 815. The van der Waals surface area contributed by atoms with Crippen LogP contribution in [0.15, 0.2) is 48.5 Å². The third kappa shape index (κ3) is 4.47. The van der Waals surface area contributed by atoms with Gasteiger partial charge < -0.3 is 15.5 Å². The van der Waals surface area contributed by atoms with Crippen LogP contribution in [0.5, 0.6) is 0 Å². The van der Waals surface area contributed by atoms with E-state index in [1.807, 2.05) is 24.3 Å². The van der Waals surface area contributed by atoms with Crippen LogP contribution < -0.4 is 15.5 Å². The lowest BCUT2D eigenvalue weighted by Crippen LogP contribution is -3.20. The van der Waals surface area contributed by atoms with E-state index in [-0.39, 0.29) is 17.9 Å². The summed E-state index contributed by atoms with van der Waals surface area (Å²) < 4.78 is 13.2. The summed E-state index contributed by atoms with van der Waals surface area (Å²) in [5, 5.41) is 6.53. The lowest BCUT2D eigenvalue weighted by atomic mass is 9.81. The van der Waals surface area contributed by atoms with Crippen molar-refractivity contribution in [2.75, 3.05) is 5.32 Å². The predicted octanol–water partition coefficient (Wildman–Crippen LogP) is 3.77. The number of rotatable bonds is 4. The monoisotopic (exact) mass is 402 g/mol. The van der Waals surface area contributed by atoms with Crippen LogP contribution in [0.2, 0.25) is 5.02 Å². The van der Waals surface area contributed by atoms with Gasteiger partial charge in [-0.1, -0.05) is 35.9 Å². The van der Waals surface area contributed by atoms with Crippen LogP contribution in [0.1, 0.15) is 37.7 Å². The number of amides is 2. The first kappa shape index (κ1) is 19.2. The quantitative estimate of drug-likeness (QED) is 0.716. The molecule has 0 radical (unpaired) electrons. The van der Waals surface area contributed by atoms with Crippen molar-refractivity contribution in [1.82, 2.24) is 5.32 Å². The molecule has 0 saturated carbocycles. The summed E-state index contributed by atoms with van der Waals surface area (Å²) in [7, 11) is 0. The van der Waals surface area contributed by atoms with Crippen molar-refractivity contribution in [1.29, 1.82) is 0 Å². The number of hydrogen-bond donors (Lipinski definition) is 3. The molecule has 0 spiro atoms. The van der Waals surface area contributed by atoms with Crippen molar-refractivity contribution in [3.8, 4) is 0 Å². The Labute approximate surface area is 170 Å². The molecular formula is C22H26ClFN3O+. The summed E-state index contributed by atoms with van der Waals surface area (Å²) in [4.78, 5) is 14.0. The first-order chi connectivity index (χ1) is 13.6. The second kappa shape index (κ2) is 8.50. The lowest BCUT2D eigenvalue weighted by molar-refractivity contribution is -0.973. The van der Waals surface area contributed by atoms with Crippen LogP contribution in [0.3, 0.4) is 0 Å². The topological polar surface area (TPSA) is 45.6 Å². The number of anilines is 1. The maximum Gasteiger partial charge on any atom is 0.319 e. The number of fused-ring (bicyclic) bond motifs is 2. The first-order valence-corrected chi connectivity index (χ1v) is 10.4. The molecule has 2 aromatic carbocycles. The van der Waals surface area contributed by atoms with Gasteiger partial charge in [-0.25, -0.2) is 9.18 Å². The van der Waals surface area contributed by atoms with Crippen molar-refractivity contribution in [3.63, 3.8) is 0 Å². The number of carbonyl (C=O) groups excluding carboxylic acids is 1. The molecule has 28 heavy (non-hydrogen) atoms.